The van der Waals surface area contributed by atoms with E-state index >= 15 is 0 Å². The predicted octanol–water partition coefficient (Wildman–Crippen LogP) is 2.37. The zero-order valence-electron chi connectivity index (χ0n) is 16.3. The highest BCUT2D eigenvalue weighted by Crippen LogP contribution is 2.37. The Hall–Kier alpha value is -2.08. The predicted molar refractivity (Wildman–Crippen MR) is 102 cm³/mol. The number of nitrogens with zero attached hydrogens (tertiary/aromatic N) is 1. The molecule has 6 nitrogen and oxygen atoms in total. The van der Waals surface area contributed by atoms with Gasteiger partial charge in [-0.05, 0) is 31.2 Å². The van der Waals surface area contributed by atoms with Crippen LogP contribution in [0.5, 0.6) is 5.75 Å². The summed E-state index contributed by atoms with van der Waals surface area (Å²) < 4.78 is 11.2. The summed E-state index contributed by atoms with van der Waals surface area (Å²) in [7, 11) is 1.64. The number of amides is 2. The number of benzene rings is 1. The highest BCUT2D eigenvalue weighted by atomic mass is 16.5. The SMILES string of the molecule is COc1ccccc1CN(CC1CCCO1)C(=O)CCNC(=O)C1CC1C. The van der Waals surface area contributed by atoms with Gasteiger partial charge in [-0.1, -0.05) is 25.1 Å². The van der Waals surface area contributed by atoms with Gasteiger partial charge in [0.25, 0.3) is 0 Å². The second kappa shape index (κ2) is 9.22. The van der Waals surface area contributed by atoms with Gasteiger partial charge in [0.15, 0.2) is 0 Å². The van der Waals surface area contributed by atoms with Gasteiger partial charge >= 0.3 is 0 Å². The quantitative estimate of drug-likeness (QED) is 0.721. The van der Waals surface area contributed by atoms with Crippen LogP contribution in [0.3, 0.4) is 0 Å². The number of ether oxygens (including phenoxy) is 2. The Bertz CT molecular complexity index is 657. The summed E-state index contributed by atoms with van der Waals surface area (Å²) >= 11 is 0. The molecule has 0 spiro atoms. The number of hydrogen-bond acceptors (Lipinski definition) is 4. The zero-order chi connectivity index (χ0) is 19.2. The van der Waals surface area contributed by atoms with Crippen LogP contribution in [-0.2, 0) is 20.9 Å². The van der Waals surface area contributed by atoms with Crippen molar-refractivity contribution in [3.05, 3.63) is 29.8 Å². The van der Waals surface area contributed by atoms with Gasteiger partial charge in [0, 0.05) is 44.1 Å². The molecule has 1 N–H and O–H groups in total. The second-order valence-electron chi connectivity index (χ2n) is 7.58. The smallest absolute Gasteiger partial charge is 0.224 e. The van der Waals surface area contributed by atoms with Crippen molar-refractivity contribution < 1.29 is 19.1 Å². The van der Waals surface area contributed by atoms with Crippen molar-refractivity contribution in [2.45, 2.75) is 45.3 Å². The second-order valence-corrected chi connectivity index (χ2v) is 7.58. The van der Waals surface area contributed by atoms with Crippen molar-refractivity contribution in [3.8, 4) is 5.75 Å². The van der Waals surface area contributed by atoms with Crippen molar-refractivity contribution in [2.75, 3.05) is 26.8 Å². The Labute approximate surface area is 161 Å². The van der Waals surface area contributed by atoms with E-state index in [2.05, 4.69) is 12.2 Å². The number of carbonyl (C=O) groups is 2. The van der Waals surface area contributed by atoms with Crippen molar-refractivity contribution >= 4 is 11.8 Å². The maximum atomic E-state index is 12.8. The number of rotatable bonds is 9. The van der Waals surface area contributed by atoms with Gasteiger partial charge in [-0.25, -0.2) is 0 Å². The van der Waals surface area contributed by atoms with Crippen molar-refractivity contribution in [1.29, 1.82) is 0 Å². The van der Waals surface area contributed by atoms with Crippen molar-refractivity contribution in [1.82, 2.24) is 10.2 Å². The third-order valence-electron chi connectivity index (χ3n) is 5.44. The van der Waals surface area contributed by atoms with Gasteiger partial charge in [0.1, 0.15) is 5.75 Å². The summed E-state index contributed by atoms with van der Waals surface area (Å²) in [5.41, 5.74) is 0.974. The minimum absolute atomic E-state index is 0.0283. The molecule has 1 aromatic carbocycles. The van der Waals surface area contributed by atoms with Crippen LogP contribution in [0.1, 0.15) is 38.2 Å². The molecule has 148 valence electrons. The Kier molecular flexibility index (Phi) is 6.72. The molecule has 1 heterocycles. The first-order valence-electron chi connectivity index (χ1n) is 9.87. The molecule has 1 aliphatic carbocycles. The van der Waals surface area contributed by atoms with Crippen LogP contribution in [0.4, 0.5) is 0 Å². The minimum atomic E-state index is 0.0283. The number of carbonyl (C=O) groups excluding carboxylic acids is 2. The van der Waals surface area contributed by atoms with E-state index in [0.717, 1.165) is 37.2 Å². The van der Waals surface area contributed by atoms with Crippen LogP contribution in [0, 0.1) is 11.8 Å². The van der Waals surface area contributed by atoms with E-state index < -0.39 is 0 Å². The fourth-order valence-electron chi connectivity index (χ4n) is 3.60. The molecule has 1 aromatic rings. The molecule has 3 rings (SSSR count). The van der Waals surface area contributed by atoms with Crippen molar-refractivity contribution in [2.24, 2.45) is 11.8 Å². The fraction of sp³-hybridized carbons (Fsp3) is 0.619. The standard InChI is InChI=1S/C21H30N2O4/c1-15-12-18(15)21(25)22-10-9-20(24)23(14-17-7-5-11-27-17)13-16-6-3-4-8-19(16)26-2/h3-4,6,8,15,17-18H,5,7,9-14H2,1-2H3,(H,22,25). The topological polar surface area (TPSA) is 67.9 Å². The van der Waals surface area contributed by atoms with Crippen LogP contribution < -0.4 is 10.1 Å². The van der Waals surface area contributed by atoms with Crippen LogP contribution in [-0.4, -0.2) is 49.6 Å². The molecule has 1 aliphatic heterocycles. The molecule has 1 saturated heterocycles. The summed E-state index contributed by atoms with van der Waals surface area (Å²) in [6.45, 7) is 4.28. The summed E-state index contributed by atoms with van der Waals surface area (Å²) in [6, 6.07) is 7.75. The van der Waals surface area contributed by atoms with Crippen LogP contribution in [0.2, 0.25) is 0 Å². The Morgan fingerprint density at radius 3 is 2.78 bits per heavy atom. The van der Waals surface area contributed by atoms with E-state index in [1.54, 1.807) is 7.11 Å². The molecular formula is C21H30N2O4. The Morgan fingerprint density at radius 1 is 1.33 bits per heavy atom. The molecule has 2 fully saturated rings. The third-order valence-corrected chi connectivity index (χ3v) is 5.44. The molecule has 2 amide bonds. The molecule has 2 aliphatic rings. The largest absolute Gasteiger partial charge is 0.496 e. The van der Waals surface area contributed by atoms with E-state index in [1.807, 2.05) is 29.2 Å². The van der Waals surface area contributed by atoms with Crippen LogP contribution >= 0.6 is 0 Å². The average Bonchev–Trinajstić information content (AvgIpc) is 3.18. The normalized spacial score (nSPS) is 23.7. The molecular weight excluding hydrogens is 344 g/mol. The molecule has 0 aromatic heterocycles. The highest BCUT2D eigenvalue weighted by Gasteiger charge is 2.38. The van der Waals surface area contributed by atoms with Gasteiger partial charge in [0.2, 0.25) is 11.8 Å². The summed E-state index contributed by atoms with van der Waals surface area (Å²) in [5, 5.41) is 2.90. The first-order valence-corrected chi connectivity index (χ1v) is 9.87. The van der Waals surface area contributed by atoms with E-state index in [-0.39, 0.29) is 23.8 Å². The third kappa shape index (κ3) is 5.45. The molecule has 3 unspecified atom stereocenters. The summed E-state index contributed by atoms with van der Waals surface area (Å²) in [5.74, 6) is 1.49. The van der Waals surface area contributed by atoms with Gasteiger partial charge in [-0.15, -0.1) is 0 Å². The Balaban J connectivity index is 1.58. The van der Waals surface area contributed by atoms with Crippen molar-refractivity contribution in [3.63, 3.8) is 0 Å². The molecule has 3 atom stereocenters. The van der Waals surface area contributed by atoms with Crippen LogP contribution in [0.15, 0.2) is 24.3 Å². The fourth-order valence-corrected chi connectivity index (χ4v) is 3.60. The minimum Gasteiger partial charge on any atom is -0.496 e. The lowest BCUT2D eigenvalue weighted by molar-refractivity contribution is -0.133. The lowest BCUT2D eigenvalue weighted by Crippen LogP contribution is -2.39. The van der Waals surface area contributed by atoms with Gasteiger partial charge in [0.05, 0.1) is 13.2 Å². The molecule has 27 heavy (non-hydrogen) atoms. The summed E-state index contributed by atoms with van der Waals surface area (Å²) in [4.78, 5) is 26.6. The molecule has 6 heteroatoms. The van der Waals surface area contributed by atoms with Gasteiger partial charge in [-0.3, -0.25) is 9.59 Å². The average molecular weight is 374 g/mol. The first-order chi connectivity index (χ1) is 13.1. The molecule has 1 saturated carbocycles. The first kappa shape index (κ1) is 19.7. The molecule has 0 radical (unpaired) electrons. The lowest BCUT2D eigenvalue weighted by Gasteiger charge is -2.26. The van der Waals surface area contributed by atoms with Crippen LogP contribution in [0.25, 0.3) is 0 Å². The van der Waals surface area contributed by atoms with E-state index in [4.69, 9.17) is 9.47 Å². The Morgan fingerprint density at radius 2 is 2.11 bits per heavy atom. The number of methoxy groups -OCH3 is 1. The van der Waals surface area contributed by atoms with Gasteiger partial charge < -0.3 is 19.7 Å². The zero-order valence-corrected chi connectivity index (χ0v) is 16.3. The summed E-state index contributed by atoms with van der Waals surface area (Å²) in [6.07, 6.45) is 3.36. The number of nitrogens with one attached hydrogen (secondary N) is 1. The highest BCUT2D eigenvalue weighted by molar-refractivity contribution is 5.82. The monoisotopic (exact) mass is 374 g/mol. The van der Waals surface area contributed by atoms with E-state index in [0.29, 0.717) is 32.0 Å². The maximum absolute atomic E-state index is 12.8. The lowest BCUT2D eigenvalue weighted by atomic mass is 10.1. The van der Waals surface area contributed by atoms with Gasteiger partial charge in [-0.2, -0.15) is 0 Å². The van der Waals surface area contributed by atoms with E-state index in [9.17, 15) is 9.59 Å². The number of hydrogen-bond donors (Lipinski definition) is 1. The number of para-hydroxylation sites is 1. The van der Waals surface area contributed by atoms with E-state index in [1.165, 1.54) is 0 Å². The maximum Gasteiger partial charge on any atom is 0.224 e. The molecule has 0 bridgehead atoms.